The summed E-state index contributed by atoms with van der Waals surface area (Å²) in [5.74, 6) is 0. The van der Waals surface area contributed by atoms with E-state index in [2.05, 4.69) is 385 Å². The van der Waals surface area contributed by atoms with Gasteiger partial charge in [0, 0.05) is 62.4 Å². The predicted octanol–water partition coefficient (Wildman–Crippen LogP) is 24.6. The molecule has 10 aromatic rings. The minimum atomic E-state index is -0.318. The summed E-state index contributed by atoms with van der Waals surface area (Å²) in [6, 6.07) is 81.6. The molecule has 0 radical (unpaired) electrons. The molecule has 0 unspecified atom stereocenters. The maximum absolute atomic E-state index is 2.72. The fourth-order valence-corrected chi connectivity index (χ4v) is 15.5. The molecule has 5 heteroatoms. The summed E-state index contributed by atoms with van der Waals surface area (Å²) in [7, 11) is 0. The lowest BCUT2D eigenvalue weighted by molar-refractivity contribution is 0.392. The SMILES string of the molecule is CC1(C)Cc2cc3c(cc2C1)N(c1ccc(C(C)(C)C)cc1-c1ccccc1)c1cc(N(c2ccc(C(C)(C)C)cc2)c2ccc(C(C)(C)C)cc2)cc2c1B3c1cc(N(c3ccc(C(C)(C)C)cc3)c3ccc(C(C)(C)C)cc3)c(C(C)(C)C)cc1N2c1cccc(C(C)(C)C)c1. The van der Waals surface area contributed by atoms with Crippen LogP contribution in [0, 0.1) is 5.41 Å². The molecule has 0 atom stereocenters. The van der Waals surface area contributed by atoms with Crippen LogP contribution in [0.2, 0.25) is 0 Å². The van der Waals surface area contributed by atoms with E-state index in [1.165, 1.54) is 106 Å². The quantitative estimate of drug-likeness (QED) is 0.134. The summed E-state index contributed by atoms with van der Waals surface area (Å²) >= 11 is 0. The highest BCUT2D eigenvalue weighted by Gasteiger charge is 2.47. The van der Waals surface area contributed by atoms with Gasteiger partial charge in [-0.2, -0.15) is 0 Å². The fourth-order valence-electron chi connectivity index (χ4n) is 15.5. The zero-order valence-corrected chi connectivity index (χ0v) is 63.4. The normalized spacial score (nSPS) is 14.6. The van der Waals surface area contributed by atoms with Gasteiger partial charge in [0.15, 0.2) is 0 Å². The molecule has 502 valence electrons. The Kier molecular flexibility index (Phi) is 16.5. The van der Waals surface area contributed by atoms with Crippen LogP contribution in [0.1, 0.15) is 209 Å². The lowest BCUT2D eigenvalue weighted by Crippen LogP contribution is -2.61. The summed E-state index contributed by atoms with van der Waals surface area (Å²) in [6.07, 6.45) is 2.03. The van der Waals surface area contributed by atoms with Crippen molar-refractivity contribution in [2.24, 2.45) is 5.41 Å². The van der Waals surface area contributed by atoms with Gasteiger partial charge >= 0.3 is 0 Å². The average Bonchev–Trinajstić information content (AvgIpc) is 0.835. The van der Waals surface area contributed by atoms with Crippen LogP contribution in [0.5, 0.6) is 0 Å². The third-order valence-corrected chi connectivity index (χ3v) is 21.3. The van der Waals surface area contributed by atoms with Gasteiger partial charge in [0.05, 0.1) is 11.4 Å². The van der Waals surface area contributed by atoms with Crippen molar-refractivity contribution in [3.05, 3.63) is 256 Å². The monoisotopic (exact) mass is 1290 g/mol. The van der Waals surface area contributed by atoms with Gasteiger partial charge in [0.1, 0.15) is 0 Å². The fraction of sp³-hybridized carbons (Fsp3) is 0.355. The van der Waals surface area contributed by atoms with Crippen LogP contribution >= 0.6 is 0 Å². The van der Waals surface area contributed by atoms with Crippen molar-refractivity contribution in [2.75, 3.05) is 19.6 Å². The van der Waals surface area contributed by atoms with E-state index in [0.29, 0.717) is 0 Å². The lowest BCUT2D eigenvalue weighted by atomic mass is 9.33. The van der Waals surface area contributed by atoms with Gasteiger partial charge in [0.2, 0.25) is 0 Å². The Morgan fingerprint density at radius 2 is 0.724 bits per heavy atom. The molecule has 0 aromatic heterocycles. The Balaban J connectivity index is 1.22. The van der Waals surface area contributed by atoms with Crippen LogP contribution in [-0.2, 0) is 50.7 Å². The van der Waals surface area contributed by atoms with E-state index in [9.17, 15) is 0 Å². The van der Waals surface area contributed by atoms with Gasteiger partial charge in [-0.25, -0.2) is 0 Å². The first-order valence-corrected chi connectivity index (χ1v) is 36.2. The largest absolute Gasteiger partial charge is 0.311 e. The number of fused-ring (bicyclic) bond motifs is 5. The topological polar surface area (TPSA) is 13.0 Å². The first-order valence-electron chi connectivity index (χ1n) is 36.2. The molecule has 13 rings (SSSR count). The molecule has 1 aliphatic carbocycles. The minimum Gasteiger partial charge on any atom is -0.311 e. The summed E-state index contributed by atoms with van der Waals surface area (Å²) in [5.41, 5.74) is 31.6. The van der Waals surface area contributed by atoms with Gasteiger partial charge in [-0.05, 0) is 231 Å². The smallest absolute Gasteiger partial charge is 0.252 e. The molecule has 0 N–H and O–H groups in total. The third-order valence-electron chi connectivity index (χ3n) is 21.3. The van der Waals surface area contributed by atoms with E-state index in [0.717, 1.165) is 52.7 Å². The molecule has 10 aromatic carbocycles. The van der Waals surface area contributed by atoms with Gasteiger partial charge in [-0.15, -0.1) is 0 Å². The van der Waals surface area contributed by atoms with Crippen LogP contribution in [0.4, 0.5) is 68.2 Å². The van der Waals surface area contributed by atoms with Gasteiger partial charge in [-0.3, -0.25) is 0 Å². The van der Waals surface area contributed by atoms with E-state index in [4.69, 9.17) is 0 Å². The van der Waals surface area contributed by atoms with Gasteiger partial charge in [0.25, 0.3) is 6.71 Å². The summed E-state index contributed by atoms with van der Waals surface area (Å²) < 4.78 is 0. The highest BCUT2D eigenvalue weighted by Crippen LogP contribution is 2.54. The molecule has 0 amide bonds. The van der Waals surface area contributed by atoms with Gasteiger partial charge < -0.3 is 19.6 Å². The van der Waals surface area contributed by atoms with Crippen molar-refractivity contribution < 1.29 is 0 Å². The molecule has 98 heavy (non-hydrogen) atoms. The molecule has 3 aliphatic rings. The molecular weight excluding hydrogens is 1180 g/mol. The molecule has 0 fully saturated rings. The Hall–Kier alpha value is -8.54. The van der Waals surface area contributed by atoms with Crippen molar-refractivity contribution >= 4 is 91.3 Å². The molecule has 4 nitrogen and oxygen atoms in total. The maximum Gasteiger partial charge on any atom is 0.252 e. The molecule has 0 saturated heterocycles. The van der Waals surface area contributed by atoms with E-state index < -0.39 is 0 Å². The van der Waals surface area contributed by atoms with Crippen LogP contribution < -0.4 is 36.0 Å². The third kappa shape index (κ3) is 12.8. The molecule has 0 spiro atoms. The van der Waals surface area contributed by atoms with Crippen molar-refractivity contribution in [1.29, 1.82) is 0 Å². The average molecular weight is 1290 g/mol. The minimum absolute atomic E-state index is 0.0161. The summed E-state index contributed by atoms with van der Waals surface area (Å²) in [5, 5.41) is 0. The molecular formula is C93H107BN4. The number of hydrogen-bond acceptors (Lipinski definition) is 4. The van der Waals surface area contributed by atoms with Crippen molar-refractivity contribution in [1.82, 2.24) is 0 Å². The number of rotatable bonds is 9. The second-order valence-electron chi connectivity index (χ2n) is 36.9. The maximum atomic E-state index is 2.72. The summed E-state index contributed by atoms with van der Waals surface area (Å²) in [6.45, 7) is 53.9. The lowest BCUT2D eigenvalue weighted by Gasteiger charge is -2.46. The van der Waals surface area contributed by atoms with E-state index in [-0.39, 0.29) is 50.0 Å². The molecule has 0 bridgehead atoms. The standard InChI is InChI=1S/C93H107BN4/c1-86(2,3)63-32-41-69(42-33-63)95(70-43-34-64(35-44-70)87(4,5)6)74-54-83-85-84(55-74)98(79-49-40-68(91(16,17)18)53-75(79)60-28-25-24-26-29-60)81-51-62-59-93(22,23)58-61(62)50-77(81)94(85)78-57-80(76(92(19,20)21)56-82(78)97(83)73-31-27-30-67(52-73)90(13,14)15)96(71-45-36-65(37-46-71)88(7,8)9)72-47-38-66(39-48-72)89(10,11)12/h24-57H,58-59H2,1-23H3. The predicted molar refractivity (Wildman–Crippen MR) is 427 cm³/mol. The van der Waals surface area contributed by atoms with Crippen molar-refractivity contribution in [3.8, 4) is 11.1 Å². The Labute approximate surface area is 590 Å². The molecule has 2 aliphatic heterocycles. The van der Waals surface area contributed by atoms with Crippen LogP contribution in [-0.4, -0.2) is 6.71 Å². The zero-order valence-electron chi connectivity index (χ0n) is 63.4. The zero-order chi connectivity index (χ0) is 70.4. The molecule has 0 saturated carbocycles. The molecule has 2 heterocycles. The first kappa shape index (κ1) is 68.0. The summed E-state index contributed by atoms with van der Waals surface area (Å²) in [4.78, 5) is 10.5. The van der Waals surface area contributed by atoms with Crippen LogP contribution in [0.3, 0.4) is 0 Å². The van der Waals surface area contributed by atoms with E-state index >= 15 is 0 Å². The van der Waals surface area contributed by atoms with Crippen molar-refractivity contribution in [3.63, 3.8) is 0 Å². The number of anilines is 12. The van der Waals surface area contributed by atoms with Crippen LogP contribution in [0.15, 0.2) is 206 Å². The Morgan fingerprint density at radius 1 is 0.316 bits per heavy atom. The Bertz CT molecular complexity index is 4540. The first-order chi connectivity index (χ1) is 45.7. The van der Waals surface area contributed by atoms with Crippen LogP contribution in [0.25, 0.3) is 11.1 Å². The second-order valence-corrected chi connectivity index (χ2v) is 36.9. The highest BCUT2D eigenvalue weighted by molar-refractivity contribution is 7.00. The highest BCUT2D eigenvalue weighted by atomic mass is 15.2. The Morgan fingerprint density at radius 3 is 1.18 bits per heavy atom. The van der Waals surface area contributed by atoms with E-state index in [1.807, 2.05) is 0 Å². The van der Waals surface area contributed by atoms with Crippen molar-refractivity contribution in [2.45, 2.75) is 210 Å². The number of benzene rings is 10. The second kappa shape index (κ2) is 23.8. The van der Waals surface area contributed by atoms with E-state index in [1.54, 1.807) is 0 Å². The number of nitrogens with zero attached hydrogens (tertiary/aromatic N) is 4. The number of hydrogen-bond donors (Lipinski definition) is 0. The van der Waals surface area contributed by atoms with Gasteiger partial charge in [-0.1, -0.05) is 262 Å².